The lowest BCUT2D eigenvalue weighted by molar-refractivity contribution is 0.510. The lowest BCUT2D eigenvalue weighted by atomic mass is 10.2. The van der Waals surface area contributed by atoms with Crippen LogP contribution in [-0.4, -0.2) is 4.57 Å². The highest BCUT2D eigenvalue weighted by molar-refractivity contribution is 5.10. The molecule has 0 unspecified atom stereocenters. The summed E-state index contributed by atoms with van der Waals surface area (Å²) in [7, 11) is 0. The topological polar surface area (TPSA) is 48.0 Å². The standard InChI is InChI=1S/C10H16N2O/c1-8(2)7-12-4-3-9(6-11)5-10(12)13/h3-5,8H,6-7,11H2,1-2H3. The maximum atomic E-state index is 11.4. The van der Waals surface area contributed by atoms with Crippen LogP contribution in [0.1, 0.15) is 19.4 Å². The minimum absolute atomic E-state index is 0.0386. The van der Waals surface area contributed by atoms with E-state index in [4.69, 9.17) is 5.73 Å². The Hall–Kier alpha value is -1.09. The first-order chi connectivity index (χ1) is 6.13. The van der Waals surface area contributed by atoms with Gasteiger partial charge in [0.1, 0.15) is 0 Å². The van der Waals surface area contributed by atoms with Gasteiger partial charge < -0.3 is 10.3 Å². The second kappa shape index (κ2) is 4.23. The molecular weight excluding hydrogens is 164 g/mol. The van der Waals surface area contributed by atoms with E-state index in [0.717, 1.165) is 12.1 Å². The molecule has 3 heteroatoms. The second-order valence-electron chi connectivity index (χ2n) is 3.62. The molecule has 72 valence electrons. The SMILES string of the molecule is CC(C)Cn1ccc(CN)cc1=O. The van der Waals surface area contributed by atoms with E-state index in [-0.39, 0.29) is 5.56 Å². The van der Waals surface area contributed by atoms with E-state index in [9.17, 15) is 4.79 Å². The zero-order chi connectivity index (χ0) is 9.84. The van der Waals surface area contributed by atoms with Crippen molar-refractivity contribution >= 4 is 0 Å². The van der Waals surface area contributed by atoms with Crippen molar-refractivity contribution in [1.29, 1.82) is 0 Å². The fourth-order valence-electron chi connectivity index (χ4n) is 1.22. The fourth-order valence-corrected chi connectivity index (χ4v) is 1.22. The Kier molecular flexibility index (Phi) is 3.25. The van der Waals surface area contributed by atoms with Crippen LogP contribution in [0.4, 0.5) is 0 Å². The summed E-state index contributed by atoms with van der Waals surface area (Å²) in [4.78, 5) is 11.4. The molecular formula is C10H16N2O. The molecule has 0 saturated heterocycles. The minimum Gasteiger partial charge on any atom is -0.326 e. The lowest BCUT2D eigenvalue weighted by Crippen LogP contribution is -2.22. The highest BCUT2D eigenvalue weighted by Crippen LogP contribution is 1.97. The van der Waals surface area contributed by atoms with E-state index in [1.165, 1.54) is 0 Å². The Morgan fingerprint density at radius 1 is 1.54 bits per heavy atom. The van der Waals surface area contributed by atoms with Crippen LogP contribution in [0.25, 0.3) is 0 Å². The van der Waals surface area contributed by atoms with Crippen LogP contribution in [0, 0.1) is 5.92 Å². The molecule has 0 aliphatic heterocycles. The van der Waals surface area contributed by atoms with Crippen LogP contribution in [0.15, 0.2) is 23.1 Å². The summed E-state index contributed by atoms with van der Waals surface area (Å²) >= 11 is 0. The molecule has 1 heterocycles. The highest BCUT2D eigenvalue weighted by atomic mass is 16.1. The van der Waals surface area contributed by atoms with Crippen molar-refractivity contribution in [3.8, 4) is 0 Å². The van der Waals surface area contributed by atoms with Gasteiger partial charge in [-0.25, -0.2) is 0 Å². The average Bonchev–Trinajstić information content (AvgIpc) is 2.08. The zero-order valence-electron chi connectivity index (χ0n) is 8.16. The third-order valence-electron chi connectivity index (χ3n) is 1.86. The van der Waals surface area contributed by atoms with Gasteiger partial charge in [0.2, 0.25) is 0 Å². The molecule has 0 fully saturated rings. The van der Waals surface area contributed by atoms with E-state index in [2.05, 4.69) is 13.8 Å². The molecule has 1 aromatic heterocycles. The summed E-state index contributed by atoms with van der Waals surface area (Å²) < 4.78 is 1.71. The third kappa shape index (κ3) is 2.70. The number of nitrogens with two attached hydrogens (primary N) is 1. The van der Waals surface area contributed by atoms with E-state index in [0.29, 0.717) is 12.5 Å². The molecule has 3 nitrogen and oxygen atoms in total. The van der Waals surface area contributed by atoms with Gasteiger partial charge in [-0.05, 0) is 17.5 Å². The van der Waals surface area contributed by atoms with Crippen LogP contribution >= 0.6 is 0 Å². The van der Waals surface area contributed by atoms with Gasteiger partial charge in [-0.2, -0.15) is 0 Å². The number of aromatic nitrogens is 1. The van der Waals surface area contributed by atoms with Gasteiger partial charge in [0, 0.05) is 25.4 Å². The number of hydrogen-bond acceptors (Lipinski definition) is 2. The van der Waals surface area contributed by atoms with Gasteiger partial charge in [-0.1, -0.05) is 13.8 Å². The summed E-state index contributed by atoms with van der Waals surface area (Å²) in [5.41, 5.74) is 6.35. The van der Waals surface area contributed by atoms with Crippen molar-refractivity contribution in [3.05, 3.63) is 34.2 Å². The molecule has 0 amide bonds. The average molecular weight is 180 g/mol. The largest absolute Gasteiger partial charge is 0.326 e. The van der Waals surface area contributed by atoms with Crippen LogP contribution in [0.5, 0.6) is 0 Å². The number of pyridine rings is 1. The molecule has 0 aromatic carbocycles. The smallest absolute Gasteiger partial charge is 0.250 e. The minimum atomic E-state index is 0.0386. The summed E-state index contributed by atoms with van der Waals surface area (Å²) in [6.45, 7) is 5.37. The van der Waals surface area contributed by atoms with Crippen molar-refractivity contribution in [2.45, 2.75) is 26.9 Å². The second-order valence-corrected chi connectivity index (χ2v) is 3.62. The molecule has 0 atom stereocenters. The van der Waals surface area contributed by atoms with Crippen molar-refractivity contribution in [2.24, 2.45) is 11.7 Å². The predicted octanol–water partition coefficient (Wildman–Crippen LogP) is 0.963. The normalized spacial score (nSPS) is 10.8. The van der Waals surface area contributed by atoms with Gasteiger partial charge >= 0.3 is 0 Å². The molecule has 1 rings (SSSR count). The molecule has 2 N–H and O–H groups in total. The molecule has 0 radical (unpaired) electrons. The summed E-state index contributed by atoms with van der Waals surface area (Å²) in [6.07, 6.45) is 1.81. The Morgan fingerprint density at radius 3 is 2.69 bits per heavy atom. The van der Waals surface area contributed by atoms with Crippen molar-refractivity contribution < 1.29 is 0 Å². The summed E-state index contributed by atoms with van der Waals surface area (Å²) in [5, 5.41) is 0. The monoisotopic (exact) mass is 180 g/mol. The van der Waals surface area contributed by atoms with E-state index in [1.54, 1.807) is 10.6 Å². The van der Waals surface area contributed by atoms with Gasteiger partial charge in [0.25, 0.3) is 5.56 Å². The Bertz CT molecular complexity index is 328. The first kappa shape index (κ1) is 9.99. The van der Waals surface area contributed by atoms with Crippen LogP contribution in [0.2, 0.25) is 0 Å². The van der Waals surface area contributed by atoms with Crippen LogP contribution in [0.3, 0.4) is 0 Å². The maximum Gasteiger partial charge on any atom is 0.250 e. The van der Waals surface area contributed by atoms with Crippen LogP contribution in [-0.2, 0) is 13.1 Å². The molecule has 0 spiro atoms. The molecule has 1 aromatic rings. The van der Waals surface area contributed by atoms with E-state index in [1.807, 2.05) is 12.3 Å². The molecule has 0 aliphatic carbocycles. The number of rotatable bonds is 3. The lowest BCUT2D eigenvalue weighted by Gasteiger charge is -2.08. The predicted molar refractivity (Wildman–Crippen MR) is 53.4 cm³/mol. The molecule has 0 saturated carbocycles. The van der Waals surface area contributed by atoms with Gasteiger partial charge in [-0.3, -0.25) is 4.79 Å². The summed E-state index contributed by atoms with van der Waals surface area (Å²) in [5.74, 6) is 0.487. The molecule has 13 heavy (non-hydrogen) atoms. The van der Waals surface area contributed by atoms with Gasteiger partial charge in [-0.15, -0.1) is 0 Å². The zero-order valence-corrected chi connectivity index (χ0v) is 8.16. The third-order valence-corrected chi connectivity index (χ3v) is 1.86. The molecule has 0 bridgehead atoms. The summed E-state index contributed by atoms with van der Waals surface area (Å²) in [6, 6.07) is 3.49. The quantitative estimate of drug-likeness (QED) is 0.753. The Balaban J connectivity index is 2.92. The van der Waals surface area contributed by atoms with Crippen molar-refractivity contribution in [3.63, 3.8) is 0 Å². The van der Waals surface area contributed by atoms with Gasteiger partial charge in [0.15, 0.2) is 0 Å². The first-order valence-corrected chi connectivity index (χ1v) is 4.53. The maximum absolute atomic E-state index is 11.4. The van der Waals surface area contributed by atoms with Crippen molar-refractivity contribution in [1.82, 2.24) is 4.57 Å². The fraction of sp³-hybridized carbons (Fsp3) is 0.500. The Labute approximate surface area is 78.2 Å². The van der Waals surface area contributed by atoms with Crippen LogP contribution < -0.4 is 11.3 Å². The Morgan fingerprint density at radius 2 is 2.23 bits per heavy atom. The number of hydrogen-bond donors (Lipinski definition) is 1. The van der Waals surface area contributed by atoms with Gasteiger partial charge in [0.05, 0.1) is 0 Å². The van der Waals surface area contributed by atoms with E-state index < -0.39 is 0 Å². The van der Waals surface area contributed by atoms with E-state index >= 15 is 0 Å². The highest BCUT2D eigenvalue weighted by Gasteiger charge is 1.99. The first-order valence-electron chi connectivity index (χ1n) is 4.53. The number of nitrogens with zero attached hydrogens (tertiary/aromatic N) is 1. The molecule has 0 aliphatic rings. The van der Waals surface area contributed by atoms with Crippen molar-refractivity contribution in [2.75, 3.05) is 0 Å².